The number of hydrogen-bond acceptors (Lipinski definition) is 5. The number of hydrogen-bond donors (Lipinski definition) is 1. The van der Waals surface area contributed by atoms with Crippen LogP contribution in [0.1, 0.15) is 5.56 Å². The molecule has 0 aliphatic heterocycles. The highest BCUT2D eigenvalue weighted by Gasteiger charge is 2.08. The highest BCUT2D eigenvalue weighted by molar-refractivity contribution is 6.04. The molecule has 26 heavy (non-hydrogen) atoms. The van der Waals surface area contributed by atoms with Crippen LogP contribution in [0.15, 0.2) is 73.6 Å². The van der Waals surface area contributed by atoms with Gasteiger partial charge in [0.1, 0.15) is 12.7 Å². The lowest BCUT2D eigenvalue weighted by molar-refractivity contribution is -0.111. The number of carbonyl (C=O) groups is 1. The number of pyridine rings is 2. The molecule has 0 spiro atoms. The standard InChI is InChI=1S/C19H14N6O/c26-18(8-7-14-9-11-21-16-5-2-1-4-15(14)16)24-17-6-3-10-22-19(17)25-13-20-12-23-25/h1-13H,(H,24,26)/b8-7-. The first-order valence-corrected chi connectivity index (χ1v) is 7.94. The van der Waals surface area contributed by atoms with E-state index >= 15 is 0 Å². The summed E-state index contributed by atoms with van der Waals surface area (Å²) < 4.78 is 1.50. The zero-order valence-electron chi connectivity index (χ0n) is 13.6. The van der Waals surface area contributed by atoms with Crippen LogP contribution in [0.3, 0.4) is 0 Å². The number of amides is 1. The van der Waals surface area contributed by atoms with E-state index in [-0.39, 0.29) is 5.91 Å². The molecule has 0 radical (unpaired) electrons. The Balaban J connectivity index is 1.57. The van der Waals surface area contributed by atoms with Crippen LogP contribution in [0.5, 0.6) is 0 Å². The van der Waals surface area contributed by atoms with E-state index in [1.165, 1.54) is 23.4 Å². The van der Waals surface area contributed by atoms with Crippen molar-refractivity contribution in [3.05, 3.63) is 79.2 Å². The molecule has 0 bridgehead atoms. The van der Waals surface area contributed by atoms with Gasteiger partial charge >= 0.3 is 0 Å². The molecule has 1 amide bonds. The quantitative estimate of drug-likeness (QED) is 0.576. The summed E-state index contributed by atoms with van der Waals surface area (Å²) in [5.74, 6) is 0.237. The summed E-state index contributed by atoms with van der Waals surface area (Å²) in [5.41, 5.74) is 2.36. The minimum absolute atomic E-state index is 0.264. The van der Waals surface area contributed by atoms with Gasteiger partial charge in [-0.05, 0) is 35.9 Å². The lowest BCUT2D eigenvalue weighted by Crippen LogP contribution is -2.12. The minimum atomic E-state index is -0.264. The average molecular weight is 342 g/mol. The maximum atomic E-state index is 12.4. The van der Waals surface area contributed by atoms with Crippen LogP contribution in [0, 0.1) is 0 Å². The molecule has 1 N–H and O–H groups in total. The van der Waals surface area contributed by atoms with E-state index in [9.17, 15) is 4.79 Å². The second-order valence-electron chi connectivity index (χ2n) is 5.45. The molecule has 0 saturated heterocycles. The van der Waals surface area contributed by atoms with Crippen LogP contribution >= 0.6 is 0 Å². The van der Waals surface area contributed by atoms with Crippen LogP contribution in [-0.2, 0) is 4.79 Å². The highest BCUT2D eigenvalue weighted by atomic mass is 16.1. The molecule has 4 aromatic rings. The van der Waals surface area contributed by atoms with Crippen LogP contribution in [0.25, 0.3) is 22.8 Å². The predicted octanol–water partition coefficient (Wildman–Crippen LogP) is 2.86. The fourth-order valence-corrected chi connectivity index (χ4v) is 2.60. The third-order valence-corrected chi connectivity index (χ3v) is 3.78. The Kier molecular flexibility index (Phi) is 4.17. The van der Waals surface area contributed by atoms with E-state index in [2.05, 4.69) is 25.4 Å². The van der Waals surface area contributed by atoms with Crippen LogP contribution in [0.2, 0.25) is 0 Å². The fourth-order valence-electron chi connectivity index (χ4n) is 2.60. The number of aromatic nitrogens is 5. The maximum Gasteiger partial charge on any atom is 0.248 e. The molecular formula is C19H14N6O. The van der Waals surface area contributed by atoms with Gasteiger partial charge in [-0.1, -0.05) is 18.2 Å². The molecule has 0 unspecified atom stereocenters. The maximum absolute atomic E-state index is 12.4. The fraction of sp³-hybridized carbons (Fsp3) is 0. The van der Waals surface area contributed by atoms with E-state index in [0.29, 0.717) is 11.5 Å². The molecule has 3 heterocycles. The summed E-state index contributed by atoms with van der Waals surface area (Å²) in [6, 6.07) is 13.2. The molecule has 0 saturated carbocycles. The van der Waals surface area contributed by atoms with Crippen LogP contribution in [-0.4, -0.2) is 30.6 Å². The van der Waals surface area contributed by atoms with E-state index in [0.717, 1.165) is 16.5 Å². The molecule has 1 aromatic carbocycles. The molecule has 3 aromatic heterocycles. The Morgan fingerprint density at radius 2 is 1.96 bits per heavy atom. The van der Waals surface area contributed by atoms with Gasteiger partial charge in [0.2, 0.25) is 5.91 Å². The van der Waals surface area contributed by atoms with Gasteiger partial charge in [0.05, 0.1) is 11.2 Å². The summed E-state index contributed by atoms with van der Waals surface area (Å²) in [7, 11) is 0. The highest BCUT2D eigenvalue weighted by Crippen LogP contribution is 2.18. The molecule has 126 valence electrons. The van der Waals surface area contributed by atoms with Crippen LogP contribution in [0.4, 0.5) is 5.69 Å². The summed E-state index contributed by atoms with van der Waals surface area (Å²) in [6.07, 6.45) is 9.55. The molecule has 7 nitrogen and oxygen atoms in total. The number of anilines is 1. The topological polar surface area (TPSA) is 85.6 Å². The van der Waals surface area contributed by atoms with Crippen molar-refractivity contribution in [3.8, 4) is 5.82 Å². The third kappa shape index (κ3) is 3.18. The average Bonchev–Trinajstić information content (AvgIpc) is 3.21. The number of carbonyl (C=O) groups excluding carboxylic acids is 1. The van der Waals surface area contributed by atoms with Gasteiger partial charge in [-0.15, -0.1) is 0 Å². The molecule has 4 rings (SSSR count). The molecular weight excluding hydrogens is 328 g/mol. The largest absolute Gasteiger partial charge is 0.319 e. The van der Waals surface area contributed by atoms with E-state index < -0.39 is 0 Å². The Labute approximate surface area is 149 Å². The predicted molar refractivity (Wildman–Crippen MR) is 98.6 cm³/mol. The molecule has 0 atom stereocenters. The van der Waals surface area contributed by atoms with Gasteiger partial charge in [0.25, 0.3) is 0 Å². The number of nitrogens with zero attached hydrogens (tertiary/aromatic N) is 5. The second kappa shape index (κ2) is 6.94. The minimum Gasteiger partial charge on any atom is -0.319 e. The Morgan fingerprint density at radius 3 is 2.85 bits per heavy atom. The van der Waals surface area contributed by atoms with Crippen molar-refractivity contribution in [2.24, 2.45) is 0 Å². The van der Waals surface area contributed by atoms with E-state index in [4.69, 9.17) is 0 Å². The number of rotatable bonds is 4. The lowest BCUT2D eigenvalue weighted by atomic mass is 10.1. The SMILES string of the molecule is O=C(/C=C\c1ccnc2ccccc12)Nc1cccnc1-n1cncn1. The Bertz CT molecular complexity index is 1080. The summed E-state index contributed by atoms with van der Waals surface area (Å²) in [5, 5.41) is 7.86. The van der Waals surface area contributed by atoms with Gasteiger partial charge < -0.3 is 5.32 Å². The molecule has 0 aliphatic carbocycles. The van der Waals surface area contributed by atoms with Crippen molar-refractivity contribution in [2.75, 3.05) is 5.32 Å². The first-order chi connectivity index (χ1) is 12.8. The van der Waals surface area contributed by atoms with Crippen molar-refractivity contribution in [1.29, 1.82) is 0 Å². The zero-order chi connectivity index (χ0) is 17.8. The summed E-state index contributed by atoms with van der Waals surface area (Å²) in [6.45, 7) is 0. The van der Waals surface area contributed by atoms with Crippen molar-refractivity contribution in [2.45, 2.75) is 0 Å². The molecule has 0 fully saturated rings. The number of para-hydroxylation sites is 1. The smallest absolute Gasteiger partial charge is 0.248 e. The van der Waals surface area contributed by atoms with Crippen molar-refractivity contribution in [3.63, 3.8) is 0 Å². The van der Waals surface area contributed by atoms with Crippen molar-refractivity contribution < 1.29 is 4.79 Å². The first kappa shape index (κ1) is 15.6. The van der Waals surface area contributed by atoms with Gasteiger partial charge in [-0.3, -0.25) is 9.78 Å². The van der Waals surface area contributed by atoms with E-state index in [1.54, 1.807) is 30.6 Å². The van der Waals surface area contributed by atoms with Gasteiger partial charge in [-0.25, -0.2) is 14.6 Å². The Hall–Kier alpha value is -3.87. The number of benzene rings is 1. The monoisotopic (exact) mass is 342 g/mol. The summed E-state index contributed by atoms with van der Waals surface area (Å²) >= 11 is 0. The number of fused-ring (bicyclic) bond motifs is 1. The zero-order valence-corrected chi connectivity index (χ0v) is 13.6. The van der Waals surface area contributed by atoms with Crippen molar-refractivity contribution >= 4 is 28.6 Å². The lowest BCUT2D eigenvalue weighted by Gasteiger charge is -2.07. The van der Waals surface area contributed by atoms with Gasteiger partial charge in [0, 0.05) is 23.9 Å². The molecule has 0 aliphatic rings. The normalized spacial score (nSPS) is 11.1. The molecule has 7 heteroatoms. The van der Waals surface area contributed by atoms with Crippen LogP contribution < -0.4 is 5.32 Å². The Morgan fingerprint density at radius 1 is 1.04 bits per heavy atom. The third-order valence-electron chi connectivity index (χ3n) is 3.78. The number of nitrogens with one attached hydrogen (secondary N) is 1. The van der Waals surface area contributed by atoms with E-state index in [1.807, 2.05) is 30.3 Å². The second-order valence-corrected chi connectivity index (χ2v) is 5.45. The van der Waals surface area contributed by atoms with Gasteiger partial charge in [0.15, 0.2) is 5.82 Å². The van der Waals surface area contributed by atoms with Gasteiger partial charge in [-0.2, -0.15) is 5.10 Å². The van der Waals surface area contributed by atoms with Crippen molar-refractivity contribution in [1.82, 2.24) is 24.7 Å². The summed E-state index contributed by atoms with van der Waals surface area (Å²) in [4.78, 5) is 24.8. The first-order valence-electron chi connectivity index (χ1n) is 7.94.